The zero-order chi connectivity index (χ0) is 10.6. The number of nitrogen functional groups attached to an aromatic ring is 1. The Labute approximate surface area is 84.2 Å². The lowest BCUT2D eigenvalue weighted by Gasteiger charge is -2.21. The first-order valence-corrected chi connectivity index (χ1v) is 4.79. The van der Waals surface area contributed by atoms with Crippen molar-refractivity contribution in [3.63, 3.8) is 0 Å². The van der Waals surface area contributed by atoms with E-state index in [1.165, 1.54) is 0 Å². The van der Waals surface area contributed by atoms with E-state index in [0.717, 1.165) is 12.1 Å². The number of aromatic nitrogens is 1. The fourth-order valence-corrected chi connectivity index (χ4v) is 1.29. The monoisotopic (exact) mass is 195 g/mol. The molecule has 0 aliphatic heterocycles. The molecule has 1 aromatic heterocycles. The average molecular weight is 195 g/mol. The first-order chi connectivity index (χ1) is 6.65. The van der Waals surface area contributed by atoms with E-state index in [-0.39, 0.29) is 6.04 Å². The molecule has 0 aromatic carbocycles. The molecule has 0 radical (unpaired) electrons. The number of nitrogens with two attached hydrogens (primary N) is 1. The zero-order valence-electron chi connectivity index (χ0n) is 8.57. The third kappa shape index (κ3) is 2.60. The highest BCUT2D eigenvalue weighted by molar-refractivity contribution is 5.64. The number of hydrogen-bond donors (Lipinski definition) is 3. The van der Waals surface area contributed by atoms with Crippen molar-refractivity contribution in [2.75, 3.05) is 11.1 Å². The first-order valence-electron chi connectivity index (χ1n) is 4.79. The number of pyridine rings is 1. The van der Waals surface area contributed by atoms with Crippen LogP contribution in [0, 0.1) is 0 Å². The second kappa shape index (κ2) is 4.81. The number of anilines is 2. The normalized spacial score (nSPS) is 14.8. The summed E-state index contributed by atoms with van der Waals surface area (Å²) in [5, 5.41) is 12.6. The lowest BCUT2D eigenvalue weighted by atomic mass is 10.1. The van der Waals surface area contributed by atoms with E-state index in [4.69, 9.17) is 5.73 Å². The van der Waals surface area contributed by atoms with Gasteiger partial charge in [-0.2, -0.15) is 0 Å². The maximum atomic E-state index is 9.44. The molecule has 0 aliphatic rings. The molecule has 0 fully saturated rings. The standard InChI is InChI=1S/C10H17N3O/c1-3-9(7(2)14)13-10-6-12-5-4-8(10)11/h4-7,9,13-14H,3H2,1-2H3,(H2,11,12). The molecule has 14 heavy (non-hydrogen) atoms. The van der Waals surface area contributed by atoms with Crippen molar-refractivity contribution in [2.24, 2.45) is 0 Å². The molecular formula is C10H17N3O. The summed E-state index contributed by atoms with van der Waals surface area (Å²) >= 11 is 0. The molecule has 1 rings (SSSR count). The van der Waals surface area contributed by atoms with Crippen LogP contribution in [0.2, 0.25) is 0 Å². The van der Waals surface area contributed by atoms with Gasteiger partial charge in [0.05, 0.1) is 29.7 Å². The van der Waals surface area contributed by atoms with Gasteiger partial charge < -0.3 is 16.2 Å². The second-order valence-electron chi connectivity index (χ2n) is 3.36. The van der Waals surface area contributed by atoms with Crippen molar-refractivity contribution in [3.05, 3.63) is 18.5 Å². The predicted octanol–water partition coefficient (Wildman–Crippen LogP) is 1.24. The molecule has 4 N–H and O–H groups in total. The van der Waals surface area contributed by atoms with Crippen LogP contribution in [0.1, 0.15) is 20.3 Å². The van der Waals surface area contributed by atoms with Gasteiger partial charge in [-0.15, -0.1) is 0 Å². The van der Waals surface area contributed by atoms with E-state index in [2.05, 4.69) is 10.3 Å². The molecule has 0 amide bonds. The molecule has 1 aromatic rings. The van der Waals surface area contributed by atoms with Gasteiger partial charge in [0.2, 0.25) is 0 Å². The van der Waals surface area contributed by atoms with Crippen LogP contribution in [0.3, 0.4) is 0 Å². The highest BCUT2D eigenvalue weighted by Crippen LogP contribution is 2.18. The highest BCUT2D eigenvalue weighted by Gasteiger charge is 2.12. The molecular weight excluding hydrogens is 178 g/mol. The molecule has 0 spiro atoms. The van der Waals surface area contributed by atoms with Crippen LogP contribution in [-0.2, 0) is 0 Å². The third-order valence-corrected chi connectivity index (χ3v) is 2.22. The van der Waals surface area contributed by atoms with Gasteiger partial charge in [-0.25, -0.2) is 0 Å². The summed E-state index contributed by atoms with van der Waals surface area (Å²) in [5.74, 6) is 0. The number of nitrogens with zero attached hydrogens (tertiary/aromatic N) is 1. The molecule has 0 aliphatic carbocycles. The van der Waals surface area contributed by atoms with E-state index in [9.17, 15) is 5.11 Å². The summed E-state index contributed by atoms with van der Waals surface area (Å²) in [6.45, 7) is 3.77. The van der Waals surface area contributed by atoms with E-state index < -0.39 is 6.10 Å². The number of aliphatic hydroxyl groups excluding tert-OH is 1. The average Bonchev–Trinajstić information content (AvgIpc) is 2.16. The molecule has 78 valence electrons. The highest BCUT2D eigenvalue weighted by atomic mass is 16.3. The Morgan fingerprint density at radius 2 is 2.36 bits per heavy atom. The summed E-state index contributed by atoms with van der Waals surface area (Å²) in [6.07, 6.45) is 3.75. The van der Waals surface area contributed by atoms with Gasteiger partial charge in [0.15, 0.2) is 0 Å². The molecule has 0 saturated carbocycles. The molecule has 1 heterocycles. The molecule has 0 bridgehead atoms. The minimum Gasteiger partial charge on any atom is -0.397 e. The van der Waals surface area contributed by atoms with Crippen LogP contribution < -0.4 is 11.1 Å². The Kier molecular flexibility index (Phi) is 3.71. The zero-order valence-corrected chi connectivity index (χ0v) is 8.57. The van der Waals surface area contributed by atoms with Gasteiger partial charge >= 0.3 is 0 Å². The maximum Gasteiger partial charge on any atom is 0.0763 e. The third-order valence-electron chi connectivity index (χ3n) is 2.22. The number of rotatable bonds is 4. The van der Waals surface area contributed by atoms with Gasteiger partial charge in [-0.05, 0) is 19.4 Å². The van der Waals surface area contributed by atoms with Crippen LogP contribution in [0.25, 0.3) is 0 Å². The van der Waals surface area contributed by atoms with Crippen LogP contribution >= 0.6 is 0 Å². The Morgan fingerprint density at radius 3 is 2.86 bits per heavy atom. The van der Waals surface area contributed by atoms with Crippen molar-refractivity contribution in [1.29, 1.82) is 0 Å². The SMILES string of the molecule is CCC(Nc1cnccc1N)C(C)O. The fraction of sp³-hybridized carbons (Fsp3) is 0.500. The summed E-state index contributed by atoms with van der Waals surface area (Å²) in [5.41, 5.74) is 7.17. The van der Waals surface area contributed by atoms with Gasteiger partial charge in [-0.1, -0.05) is 6.92 Å². The van der Waals surface area contributed by atoms with E-state index >= 15 is 0 Å². The topological polar surface area (TPSA) is 71.2 Å². The van der Waals surface area contributed by atoms with Crippen LogP contribution in [0.4, 0.5) is 11.4 Å². The summed E-state index contributed by atoms with van der Waals surface area (Å²) in [6, 6.07) is 1.75. The van der Waals surface area contributed by atoms with Crippen LogP contribution in [0.15, 0.2) is 18.5 Å². The Morgan fingerprint density at radius 1 is 1.64 bits per heavy atom. The quantitative estimate of drug-likeness (QED) is 0.676. The van der Waals surface area contributed by atoms with E-state index in [1.807, 2.05) is 6.92 Å². The lowest BCUT2D eigenvalue weighted by molar-refractivity contribution is 0.169. The summed E-state index contributed by atoms with van der Waals surface area (Å²) in [7, 11) is 0. The predicted molar refractivity (Wildman–Crippen MR) is 58.0 cm³/mol. The Balaban J connectivity index is 2.72. The largest absolute Gasteiger partial charge is 0.397 e. The lowest BCUT2D eigenvalue weighted by Crippen LogP contribution is -2.30. The van der Waals surface area contributed by atoms with Crippen molar-refractivity contribution in [2.45, 2.75) is 32.4 Å². The van der Waals surface area contributed by atoms with Crippen LogP contribution in [0.5, 0.6) is 0 Å². The van der Waals surface area contributed by atoms with Crippen molar-refractivity contribution in [1.82, 2.24) is 4.98 Å². The van der Waals surface area contributed by atoms with Gasteiger partial charge in [-0.3, -0.25) is 4.98 Å². The first kappa shape index (κ1) is 10.8. The second-order valence-corrected chi connectivity index (χ2v) is 3.36. The number of hydrogen-bond acceptors (Lipinski definition) is 4. The van der Waals surface area contributed by atoms with Gasteiger partial charge in [0.1, 0.15) is 0 Å². The van der Waals surface area contributed by atoms with Gasteiger partial charge in [0, 0.05) is 6.20 Å². The summed E-state index contributed by atoms with van der Waals surface area (Å²) in [4.78, 5) is 3.97. The molecule has 2 unspecified atom stereocenters. The number of nitrogens with one attached hydrogen (secondary N) is 1. The minimum absolute atomic E-state index is 0.0153. The molecule has 4 heteroatoms. The number of aliphatic hydroxyl groups is 1. The van der Waals surface area contributed by atoms with Crippen LogP contribution in [-0.4, -0.2) is 22.2 Å². The Bertz CT molecular complexity index is 288. The smallest absolute Gasteiger partial charge is 0.0763 e. The fourth-order valence-electron chi connectivity index (χ4n) is 1.29. The molecule has 2 atom stereocenters. The van der Waals surface area contributed by atoms with Crippen molar-refractivity contribution in [3.8, 4) is 0 Å². The maximum absolute atomic E-state index is 9.44. The van der Waals surface area contributed by atoms with Crippen molar-refractivity contribution < 1.29 is 5.11 Å². The van der Waals surface area contributed by atoms with E-state index in [0.29, 0.717) is 5.69 Å². The summed E-state index contributed by atoms with van der Waals surface area (Å²) < 4.78 is 0. The van der Waals surface area contributed by atoms with E-state index in [1.54, 1.807) is 25.4 Å². The van der Waals surface area contributed by atoms with Crippen molar-refractivity contribution >= 4 is 11.4 Å². The Hall–Kier alpha value is -1.29. The molecule has 4 nitrogen and oxygen atoms in total. The van der Waals surface area contributed by atoms with Gasteiger partial charge in [0.25, 0.3) is 0 Å². The minimum atomic E-state index is -0.403. The molecule has 0 saturated heterocycles.